The van der Waals surface area contributed by atoms with Crippen LogP contribution in [0.2, 0.25) is 0 Å². The van der Waals surface area contributed by atoms with Crippen LogP contribution in [0.25, 0.3) is 22.9 Å². The summed E-state index contributed by atoms with van der Waals surface area (Å²) in [6.45, 7) is 10.3. The molecule has 3 aromatic heterocycles. The highest BCUT2D eigenvalue weighted by Gasteiger charge is 2.25. The summed E-state index contributed by atoms with van der Waals surface area (Å²) in [5.41, 5.74) is 6.10. The van der Waals surface area contributed by atoms with Crippen LogP contribution in [0.3, 0.4) is 0 Å². The number of nitriles is 1. The molecule has 0 radical (unpaired) electrons. The van der Waals surface area contributed by atoms with Gasteiger partial charge in [0.05, 0.1) is 43.7 Å². The predicted octanol–water partition coefficient (Wildman–Crippen LogP) is 9.06. The third-order valence-electron chi connectivity index (χ3n) is 10.5. The van der Waals surface area contributed by atoms with Crippen LogP contribution < -0.4 is 0 Å². The maximum Gasteiger partial charge on any atom is 0.226 e. The number of aromatic amines is 1. The van der Waals surface area contributed by atoms with Gasteiger partial charge in [-0.3, -0.25) is 0 Å². The van der Waals surface area contributed by atoms with Gasteiger partial charge in [-0.15, -0.1) is 10.2 Å². The maximum atomic E-state index is 8.59. The summed E-state index contributed by atoms with van der Waals surface area (Å²) < 4.78 is 36.0. The van der Waals surface area contributed by atoms with E-state index in [0.717, 1.165) is 110 Å². The van der Waals surface area contributed by atoms with Crippen LogP contribution in [0.5, 0.6) is 0 Å². The highest BCUT2D eigenvalue weighted by Crippen LogP contribution is 2.29. The van der Waals surface area contributed by atoms with Crippen LogP contribution >= 0.6 is 0 Å². The van der Waals surface area contributed by atoms with E-state index in [1.165, 1.54) is 11.1 Å². The van der Waals surface area contributed by atoms with Gasteiger partial charge in [-0.2, -0.15) is 10.5 Å². The van der Waals surface area contributed by atoms with Crippen LogP contribution in [-0.4, -0.2) is 68.2 Å². The second-order valence-corrected chi connectivity index (χ2v) is 15.2. The lowest BCUT2D eigenvalue weighted by Gasteiger charge is -2.29. The minimum absolute atomic E-state index is 0.193. The van der Waals surface area contributed by atoms with Crippen molar-refractivity contribution in [3.63, 3.8) is 0 Å². The average molecular weight is 780 g/mol. The number of nitrogens with zero attached hydrogens (tertiary/aromatic N) is 6. The van der Waals surface area contributed by atoms with E-state index in [0.29, 0.717) is 44.6 Å². The molecule has 0 saturated heterocycles. The summed E-state index contributed by atoms with van der Waals surface area (Å²) in [5, 5.41) is 22.6. The standard InChI is InChI=1S/C22H29N5O3.C22H28N2O3/c1-15-6-3-7-17(12-15)22-23-20(16(2)30-22)14-29-19-9-4-8-18(13-19)28-11-5-10-21-24-26-27-25-21;1-16-7-5-8-18(13-16)22-24-21(17(2)27-22)15-26-20-10-6-9-19(14-20)25-12-4-3-11-23/h3,6-7,12,18-19H,4-5,8-11,13-14H2,1-2H3,(H,24,25,26,27);5,7-8,13,19-20H,3-4,6,9-10,12,14-15H2,1-2H3/t18-,19+;19-,20+/m11/s1. The van der Waals surface area contributed by atoms with E-state index < -0.39 is 0 Å². The van der Waals surface area contributed by atoms with E-state index in [-0.39, 0.29) is 24.4 Å². The van der Waals surface area contributed by atoms with Gasteiger partial charge in [0.15, 0.2) is 5.82 Å². The van der Waals surface area contributed by atoms with Crippen molar-refractivity contribution in [2.24, 2.45) is 0 Å². The predicted molar refractivity (Wildman–Crippen MR) is 214 cm³/mol. The number of hydrogen-bond donors (Lipinski definition) is 1. The van der Waals surface area contributed by atoms with E-state index in [1.54, 1.807) is 0 Å². The molecular formula is C44H57N7O6. The molecule has 13 heteroatoms. The number of hydrogen-bond acceptors (Lipinski definition) is 12. The first-order chi connectivity index (χ1) is 27.8. The molecule has 2 aliphatic rings. The summed E-state index contributed by atoms with van der Waals surface area (Å²) in [7, 11) is 0. The summed E-state index contributed by atoms with van der Waals surface area (Å²) in [6.07, 6.45) is 12.2. The molecule has 57 heavy (non-hydrogen) atoms. The van der Waals surface area contributed by atoms with E-state index in [1.807, 2.05) is 38.1 Å². The van der Waals surface area contributed by atoms with Crippen molar-refractivity contribution in [3.8, 4) is 29.0 Å². The third-order valence-corrected chi connectivity index (χ3v) is 10.5. The van der Waals surface area contributed by atoms with Gasteiger partial charge in [-0.25, -0.2) is 9.97 Å². The van der Waals surface area contributed by atoms with Crippen molar-refractivity contribution in [1.29, 1.82) is 5.26 Å². The molecular weight excluding hydrogens is 723 g/mol. The molecule has 0 spiro atoms. The Morgan fingerprint density at radius 3 is 1.68 bits per heavy atom. The van der Waals surface area contributed by atoms with E-state index >= 15 is 0 Å². The Labute approximate surface area is 335 Å². The Bertz CT molecular complexity index is 1990. The minimum Gasteiger partial charge on any atom is -0.441 e. The zero-order valence-corrected chi connectivity index (χ0v) is 33.9. The van der Waals surface area contributed by atoms with E-state index in [4.69, 9.17) is 33.0 Å². The molecule has 0 unspecified atom stereocenters. The summed E-state index contributed by atoms with van der Waals surface area (Å²) in [6, 6.07) is 18.5. The van der Waals surface area contributed by atoms with Gasteiger partial charge >= 0.3 is 0 Å². The first-order valence-electron chi connectivity index (χ1n) is 20.4. The zero-order chi connectivity index (χ0) is 39.8. The molecule has 1 N–H and O–H groups in total. The van der Waals surface area contributed by atoms with Crippen molar-refractivity contribution in [1.82, 2.24) is 30.6 Å². The smallest absolute Gasteiger partial charge is 0.226 e. The van der Waals surface area contributed by atoms with Gasteiger partial charge < -0.3 is 27.8 Å². The number of ether oxygens (including phenoxy) is 4. The van der Waals surface area contributed by atoms with Crippen LogP contribution in [0.1, 0.15) is 110 Å². The first kappa shape index (κ1) is 41.9. The molecule has 2 saturated carbocycles. The fourth-order valence-electron chi connectivity index (χ4n) is 7.30. The quantitative estimate of drug-likeness (QED) is 0.0891. The fraction of sp³-hybridized carbons (Fsp3) is 0.545. The highest BCUT2D eigenvalue weighted by molar-refractivity contribution is 5.55. The normalized spacial score (nSPS) is 19.5. The molecule has 0 aliphatic heterocycles. The molecule has 304 valence electrons. The van der Waals surface area contributed by atoms with Crippen LogP contribution in [0, 0.1) is 39.0 Å². The topological polar surface area (TPSA) is 167 Å². The zero-order valence-electron chi connectivity index (χ0n) is 33.9. The number of benzene rings is 2. The SMILES string of the molecule is Cc1cccc(-c2nc(CO[C@H]3CCC[C@@H](OCCCC#N)C3)c(C)o2)c1.Cc1cccc(-c2nc(CO[C@H]3CCC[C@@H](OCCCc4nn[nH]n4)C3)c(C)o2)c1. The monoisotopic (exact) mass is 779 g/mol. The maximum absolute atomic E-state index is 8.59. The minimum atomic E-state index is 0.193. The summed E-state index contributed by atoms with van der Waals surface area (Å²) in [4.78, 5) is 9.31. The van der Waals surface area contributed by atoms with Gasteiger partial charge in [0.1, 0.15) is 22.9 Å². The van der Waals surface area contributed by atoms with Gasteiger partial charge in [-0.05, 0) is 116 Å². The Kier molecular flexibility index (Phi) is 15.9. The molecule has 2 aliphatic carbocycles. The first-order valence-corrected chi connectivity index (χ1v) is 20.4. The molecule has 13 nitrogen and oxygen atoms in total. The van der Waals surface area contributed by atoms with Crippen LogP contribution in [0.4, 0.5) is 0 Å². The molecule has 0 bridgehead atoms. The molecule has 4 atom stereocenters. The lowest BCUT2D eigenvalue weighted by Crippen LogP contribution is -2.28. The Morgan fingerprint density at radius 1 is 0.702 bits per heavy atom. The van der Waals surface area contributed by atoms with Gasteiger partial charge in [0.25, 0.3) is 0 Å². The number of unbranched alkanes of at least 4 members (excludes halogenated alkanes) is 1. The number of H-pyrrole nitrogens is 1. The van der Waals surface area contributed by atoms with Gasteiger partial charge in [0.2, 0.25) is 11.8 Å². The largest absolute Gasteiger partial charge is 0.441 e. The van der Waals surface area contributed by atoms with Crippen molar-refractivity contribution < 1.29 is 27.8 Å². The third kappa shape index (κ3) is 13.1. The second kappa shape index (κ2) is 21.7. The number of rotatable bonds is 17. The molecule has 0 amide bonds. The lowest BCUT2D eigenvalue weighted by atomic mass is 9.95. The van der Waals surface area contributed by atoms with Gasteiger partial charge in [0, 0.05) is 37.2 Å². The number of tetrazole rings is 1. The summed E-state index contributed by atoms with van der Waals surface area (Å²) in [5.74, 6) is 3.66. The number of aryl methyl sites for hydroxylation is 5. The number of aromatic nitrogens is 6. The van der Waals surface area contributed by atoms with Crippen molar-refractivity contribution in [2.45, 2.75) is 142 Å². The molecule has 2 aromatic carbocycles. The second-order valence-electron chi connectivity index (χ2n) is 15.2. The van der Waals surface area contributed by atoms with Crippen molar-refractivity contribution >= 4 is 0 Å². The Morgan fingerprint density at radius 2 is 1.21 bits per heavy atom. The molecule has 2 fully saturated rings. The molecule has 3 heterocycles. The number of oxazole rings is 2. The van der Waals surface area contributed by atoms with E-state index in [9.17, 15) is 0 Å². The highest BCUT2D eigenvalue weighted by atomic mass is 16.5. The fourth-order valence-corrected chi connectivity index (χ4v) is 7.30. The van der Waals surface area contributed by atoms with E-state index in [2.05, 4.69) is 74.8 Å². The van der Waals surface area contributed by atoms with Gasteiger partial charge in [-0.1, -0.05) is 40.6 Å². The van der Waals surface area contributed by atoms with Crippen LogP contribution in [0.15, 0.2) is 57.4 Å². The lowest BCUT2D eigenvalue weighted by molar-refractivity contribution is -0.0516. The average Bonchev–Trinajstić information content (AvgIpc) is 3.97. The molecule has 5 aromatic rings. The Balaban J connectivity index is 0.000000194. The molecule has 7 rings (SSSR count). The number of nitrogens with one attached hydrogen (secondary N) is 1. The summed E-state index contributed by atoms with van der Waals surface area (Å²) >= 11 is 0. The van der Waals surface area contributed by atoms with Crippen molar-refractivity contribution in [2.75, 3.05) is 13.2 Å². The Hall–Kier alpha value is -4.74. The van der Waals surface area contributed by atoms with Crippen molar-refractivity contribution in [3.05, 3.63) is 88.4 Å². The van der Waals surface area contributed by atoms with Crippen LogP contribution in [-0.2, 0) is 38.6 Å².